The Kier molecular flexibility index (Phi) is 5.69. The number of aldehydes is 1. The van der Waals surface area contributed by atoms with E-state index in [0.29, 0.717) is 17.9 Å². The molecule has 0 spiro atoms. The standard InChI is InChI=1S/C17H18O2S/c1-20-12-6-11-19-17-15(13-18)9-5-10-16(17)14-7-3-2-4-8-14/h2-5,7-10,13H,6,11-12H2,1H3. The first kappa shape index (κ1) is 14.7. The van der Waals surface area contributed by atoms with E-state index >= 15 is 0 Å². The Morgan fingerprint density at radius 3 is 2.60 bits per heavy atom. The molecule has 0 N–H and O–H groups in total. The van der Waals surface area contributed by atoms with Crippen LogP contribution in [0.3, 0.4) is 0 Å². The minimum atomic E-state index is 0.607. The summed E-state index contributed by atoms with van der Waals surface area (Å²) in [6.07, 6.45) is 3.91. The van der Waals surface area contributed by atoms with Gasteiger partial charge in [0.05, 0.1) is 12.2 Å². The zero-order chi connectivity index (χ0) is 14.2. The van der Waals surface area contributed by atoms with Crippen LogP contribution < -0.4 is 4.74 Å². The fourth-order valence-electron chi connectivity index (χ4n) is 2.03. The Bertz CT molecular complexity index is 552. The Hall–Kier alpha value is -1.74. The van der Waals surface area contributed by atoms with Gasteiger partial charge in [-0.05, 0) is 30.1 Å². The number of carbonyl (C=O) groups is 1. The molecule has 0 saturated carbocycles. The van der Waals surface area contributed by atoms with Crippen LogP contribution in [0.25, 0.3) is 11.1 Å². The van der Waals surface area contributed by atoms with E-state index < -0.39 is 0 Å². The summed E-state index contributed by atoms with van der Waals surface area (Å²) in [5.41, 5.74) is 2.64. The summed E-state index contributed by atoms with van der Waals surface area (Å²) in [7, 11) is 0. The van der Waals surface area contributed by atoms with Crippen molar-refractivity contribution >= 4 is 18.0 Å². The van der Waals surface area contributed by atoms with Gasteiger partial charge in [-0.2, -0.15) is 11.8 Å². The lowest BCUT2D eigenvalue weighted by Gasteiger charge is -2.13. The van der Waals surface area contributed by atoms with Crippen molar-refractivity contribution in [3.05, 3.63) is 54.1 Å². The SMILES string of the molecule is CSCCCOc1c(C=O)cccc1-c1ccccc1. The third-order valence-corrected chi connectivity index (χ3v) is 3.69. The number of para-hydroxylation sites is 1. The third kappa shape index (κ3) is 3.64. The van der Waals surface area contributed by atoms with Gasteiger partial charge in [0.25, 0.3) is 0 Å². The highest BCUT2D eigenvalue weighted by Crippen LogP contribution is 2.32. The molecule has 0 aromatic heterocycles. The van der Waals surface area contributed by atoms with Gasteiger partial charge in [0, 0.05) is 5.56 Å². The molecule has 0 unspecified atom stereocenters. The maximum atomic E-state index is 11.2. The topological polar surface area (TPSA) is 26.3 Å². The maximum absolute atomic E-state index is 11.2. The molecule has 0 aliphatic heterocycles. The molecule has 0 radical (unpaired) electrons. The van der Waals surface area contributed by atoms with Crippen molar-refractivity contribution in [1.82, 2.24) is 0 Å². The molecule has 0 aliphatic carbocycles. The molecule has 0 amide bonds. The summed E-state index contributed by atoms with van der Waals surface area (Å²) < 4.78 is 5.87. The minimum Gasteiger partial charge on any atom is -0.492 e. The number of ether oxygens (including phenoxy) is 1. The van der Waals surface area contributed by atoms with Crippen molar-refractivity contribution in [3.8, 4) is 16.9 Å². The number of thioether (sulfide) groups is 1. The second kappa shape index (κ2) is 7.75. The molecular weight excluding hydrogens is 268 g/mol. The van der Waals surface area contributed by atoms with E-state index in [1.165, 1.54) is 0 Å². The zero-order valence-electron chi connectivity index (χ0n) is 11.5. The van der Waals surface area contributed by atoms with Gasteiger partial charge in [0.1, 0.15) is 5.75 Å². The van der Waals surface area contributed by atoms with Crippen LogP contribution in [-0.4, -0.2) is 24.9 Å². The zero-order valence-corrected chi connectivity index (χ0v) is 12.4. The van der Waals surface area contributed by atoms with Crippen LogP contribution >= 0.6 is 11.8 Å². The summed E-state index contributed by atoms with van der Waals surface area (Å²) in [4.78, 5) is 11.2. The van der Waals surface area contributed by atoms with Gasteiger partial charge in [-0.15, -0.1) is 0 Å². The number of rotatable bonds is 7. The van der Waals surface area contributed by atoms with E-state index in [4.69, 9.17) is 4.74 Å². The fraction of sp³-hybridized carbons (Fsp3) is 0.235. The molecule has 0 aliphatic rings. The predicted octanol–water partition coefficient (Wildman–Crippen LogP) is 4.30. The summed E-state index contributed by atoms with van der Waals surface area (Å²) in [6, 6.07) is 15.7. The van der Waals surface area contributed by atoms with Crippen molar-refractivity contribution in [2.45, 2.75) is 6.42 Å². The minimum absolute atomic E-state index is 0.607. The average molecular weight is 286 g/mol. The molecule has 2 aromatic rings. The largest absolute Gasteiger partial charge is 0.492 e. The van der Waals surface area contributed by atoms with E-state index in [9.17, 15) is 4.79 Å². The van der Waals surface area contributed by atoms with Gasteiger partial charge in [0.15, 0.2) is 6.29 Å². The lowest BCUT2D eigenvalue weighted by molar-refractivity contribution is 0.111. The van der Waals surface area contributed by atoms with Crippen LogP contribution in [0.4, 0.5) is 0 Å². The number of carbonyl (C=O) groups excluding carboxylic acids is 1. The molecule has 104 valence electrons. The highest BCUT2D eigenvalue weighted by Gasteiger charge is 2.10. The van der Waals surface area contributed by atoms with Gasteiger partial charge < -0.3 is 4.74 Å². The van der Waals surface area contributed by atoms with Crippen molar-refractivity contribution < 1.29 is 9.53 Å². The van der Waals surface area contributed by atoms with E-state index in [1.54, 1.807) is 17.8 Å². The first-order chi connectivity index (χ1) is 9.86. The molecule has 2 rings (SSSR count). The fourth-order valence-corrected chi connectivity index (χ4v) is 2.44. The van der Waals surface area contributed by atoms with Gasteiger partial charge >= 0.3 is 0 Å². The molecule has 0 heterocycles. The van der Waals surface area contributed by atoms with Crippen molar-refractivity contribution in [1.29, 1.82) is 0 Å². The Balaban J connectivity index is 2.29. The van der Waals surface area contributed by atoms with Crippen LogP contribution in [0.2, 0.25) is 0 Å². The average Bonchev–Trinajstić information content (AvgIpc) is 2.52. The highest BCUT2D eigenvalue weighted by atomic mass is 32.2. The molecule has 0 saturated heterocycles. The van der Waals surface area contributed by atoms with Gasteiger partial charge in [-0.1, -0.05) is 42.5 Å². The van der Waals surface area contributed by atoms with Crippen LogP contribution in [0.5, 0.6) is 5.75 Å². The summed E-state index contributed by atoms with van der Waals surface area (Å²) >= 11 is 1.80. The van der Waals surface area contributed by atoms with E-state index in [2.05, 4.69) is 6.26 Å². The quantitative estimate of drug-likeness (QED) is 0.561. The van der Waals surface area contributed by atoms with Crippen molar-refractivity contribution in [3.63, 3.8) is 0 Å². The van der Waals surface area contributed by atoms with E-state index in [-0.39, 0.29) is 0 Å². The van der Waals surface area contributed by atoms with E-state index in [0.717, 1.165) is 29.6 Å². The smallest absolute Gasteiger partial charge is 0.153 e. The molecule has 3 heteroatoms. The van der Waals surface area contributed by atoms with Gasteiger partial charge in [0.2, 0.25) is 0 Å². The highest BCUT2D eigenvalue weighted by molar-refractivity contribution is 7.98. The summed E-state index contributed by atoms with van der Waals surface area (Å²) in [6.45, 7) is 0.630. The maximum Gasteiger partial charge on any atom is 0.153 e. The van der Waals surface area contributed by atoms with E-state index in [1.807, 2.05) is 42.5 Å². The molecule has 0 fully saturated rings. The van der Waals surface area contributed by atoms with Gasteiger partial charge in [-0.3, -0.25) is 4.79 Å². The summed E-state index contributed by atoms with van der Waals surface area (Å²) in [5, 5.41) is 0. The second-order valence-corrected chi connectivity index (χ2v) is 5.39. The molecule has 20 heavy (non-hydrogen) atoms. The molecular formula is C17H18O2S. The first-order valence-corrected chi connectivity index (χ1v) is 8.01. The molecule has 0 bridgehead atoms. The molecule has 0 atom stereocenters. The predicted molar refractivity (Wildman–Crippen MR) is 85.8 cm³/mol. The lowest BCUT2D eigenvalue weighted by atomic mass is 10.0. The number of hydrogen-bond acceptors (Lipinski definition) is 3. The third-order valence-electron chi connectivity index (χ3n) is 3.00. The Labute approximate surface area is 124 Å². The van der Waals surface area contributed by atoms with Crippen LogP contribution in [0, 0.1) is 0 Å². The second-order valence-electron chi connectivity index (χ2n) is 4.40. The Morgan fingerprint density at radius 1 is 1.10 bits per heavy atom. The summed E-state index contributed by atoms with van der Waals surface area (Å²) in [5.74, 6) is 1.75. The van der Waals surface area contributed by atoms with Crippen molar-refractivity contribution in [2.24, 2.45) is 0 Å². The van der Waals surface area contributed by atoms with Gasteiger partial charge in [-0.25, -0.2) is 0 Å². The van der Waals surface area contributed by atoms with Crippen LogP contribution in [-0.2, 0) is 0 Å². The lowest BCUT2D eigenvalue weighted by Crippen LogP contribution is -2.02. The number of benzene rings is 2. The monoisotopic (exact) mass is 286 g/mol. The van der Waals surface area contributed by atoms with Crippen molar-refractivity contribution in [2.75, 3.05) is 18.6 Å². The first-order valence-electron chi connectivity index (χ1n) is 6.62. The Morgan fingerprint density at radius 2 is 1.90 bits per heavy atom. The number of hydrogen-bond donors (Lipinski definition) is 0. The van der Waals surface area contributed by atoms with Crippen LogP contribution in [0.1, 0.15) is 16.8 Å². The molecule has 2 nitrogen and oxygen atoms in total. The normalized spacial score (nSPS) is 10.2. The van der Waals surface area contributed by atoms with Crippen LogP contribution in [0.15, 0.2) is 48.5 Å². The molecule has 2 aromatic carbocycles.